The van der Waals surface area contributed by atoms with Crippen LogP contribution in [0.1, 0.15) is 23.1 Å². The van der Waals surface area contributed by atoms with Crippen LogP contribution in [0.15, 0.2) is 42.5 Å². The minimum Gasteiger partial charge on any atom is -0.390 e. The van der Waals surface area contributed by atoms with Crippen molar-refractivity contribution in [3.05, 3.63) is 59.2 Å². The van der Waals surface area contributed by atoms with Gasteiger partial charge >= 0.3 is 0 Å². The lowest BCUT2D eigenvalue weighted by molar-refractivity contribution is -0.0286. The maximum Gasteiger partial charge on any atom is 0.0822 e. The van der Waals surface area contributed by atoms with Gasteiger partial charge in [-0.1, -0.05) is 42.5 Å². The van der Waals surface area contributed by atoms with Gasteiger partial charge in [0.15, 0.2) is 0 Å². The number of nitrogens with zero attached hydrogens (tertiary/aromatic N) is 3. The fourth-order valence-corrected chi connectivity index (χ4v) is 5.26. The summed E-state index contributed by atoms with van der Waals surface area (Å²) in [5.74, 6) is 0. The van der Waals surface area contributed by atoms with Crippen molar-refractivity contribution in [3.63, 3.8) is 0 Å². The zero-order valence-electron chi connectivity index (χ0n) is 16.8. The van der Waals surface area contributed by atoms with Gasteiger partial charge in [0.2, 0.25) is 0 Å². The Bertz CT molecular complexity index is 843. The largest absolute Gasteiger partial charge is 0.390 e. The molecule has 2 heterocycles. The monoisotopic (exact) mass is 377 g/mol. The second-order valence-electron chi connectivity index (χ2n) is 8.82. The number of β-amino-alcohol motifs (C(OH)–C–C–N with tert-alkyl or cyclic N) is 1. The molecule has 0 aromatic heterocycles. The van der Waals surface area contributed by atoms with Crippen LogP contribution in [0.2, 0.25) is 0 Å². The lowest BCUT2D eigenvalue weighted by Crippen LogP contribution is -2.58. The Balaban J connectivity index is 1.22. The molecule has 0 saturated carbocycles. The van der Waals surface area contributed by atoms with Crippen LogP contribution in [0.5, 0.6) is 0 Å². The molecule has 28 heavy (non-hydrogen) atoms. The molecule has 2 aromatic rings. The predicted octanol–water partition coefficient (Wildman–Crippen LogP) is 2.44. The Morgan fingerprint density at radius 2 is 1.71 bits per heavy atom. The van der Waals surface area contributed by atoms with E-state index in [1.807, 2.05) is 0 Å². The first kappa shape index (κ1) is 18.3. The highest BCUT2D eigenvalue weighted by Crippen LogP contribution is 2.37. The van der Waals surface area contributed by atoms with Gasteiger partial charge < -0.3 is 10.0 Å². The highest BCUT2D eigenvalue weighted by atomic mass is 16.3. The molecule has 3 aliphatic rings. The maximum absolute atomic E-state index is 10.8. The number of aliphatic hydroxyl groups is 1. The summed E-state index contributed by atoms with van der Waals surface area (Å²) in [7, 11) is 2.19. The van der Waals surface area contributed by atoms with E-state index in [2.05, 4.69) is 64.2 Å². The molecule has 2 atom stereocenters. The Kier molecular flexibility index (Phi) is 4.97. The van der Waals surface area contributed by atoms with Crippen molar-refractivity contribution < 1.29 is 5.11 Å². The zero-order valence-corrected chi connectivity index (χ0v) is 16.8. The Morgan fingerprint density at radius 1 is 0.929 bits per heavy atom. The standard InChI is InChI=1S/C24H31N3O/c1-25-10-12-27(13-11-25)23-8-9-26(17-24(23)28)16-18-6-7-22-20(14-18)15-19-4-2-3-5-21(19)22/h2-7,14,23-24,28H,8-13,15-17H2,1H3/t23-,24-/m1/s1. The molecule has 148 valence electrons. The van der Waals surface area contributed by atoms with Crippen LogP contribution in [0.4, 0.5) is 0 Å². The summed E-state index contributed by atoms with van der Waals surface area (Å²) in [4.78, 5) is 7.32. The minimum atomic E-state index is -0.240. The summed E-state index contributed by atoms with van der Waals surface area (Å²) in [5, 5.41) is 10.8. The summed E-state index contributed by atoms with van der Waals surface area (Å²) < 4.78 is 0. The second-order valence-corrected chi connectivity index (χ2v) is 8.82. The van der Waals surface area contributed by atoms with Crippen molar-refractivity contribution >= 4 is 0 Å². The summed E-state index contributed by atoms with van der Waals surface area (Å²) in [6.45, 7) is 7.21. The predicted molar refractivity (Wildman–Crippen MR) is 113 cm³/mol. The summed E-state index contributed by atoms with van der Waals surface area (Å²) in [5.41, 5.74) is 7.06. The lowest BCUT2D eigenvalue weighted by atomic mass is 9.98. The number of hydrogen-bond acceptors (Lipinski definition) is 4. The molecule has 0 unspecified atom stereocenters. The first-order valence-electron chi connectivity index (χ1n) is 10.7. The van der Waals surface area contributed by atoms with Crippen LogP contribution in [0.25, 0.3) is 11.1 Å². The number of piperidine rings is 1. The molecule has 0 spiro atoms. The van der Waals surface area contributed by atoms with Gasteiger partial charge in [0, 0.05) is 51.9 Å². The van der Waals surface area contributed by atoms with Gasteiger partial charge in [-0.2, -0.15) is 0 Å². The lowest BCUT2D eigenvalue weighted by Gasteiger charge is -2.44. The van der Waals surface area contributed by atoms with Crippen LogP contribution in [0, 0.1) is 0 Å². The number of aliphatic hydroxyl groups excluding tert-OH is 1. The van der Waals surface area contributed by atoms with Gasteiger partial charge in [0.05, 0.1) is 6.10 Å². The van der Waals surface area contributed by atoms with E-state index in [1.165, 1.54) is 27.8 Å². The Morgan fingerprint density at radius 3 is 2.54 bits per heavy atom. The topological polar surface area (TPSA) is 30.0 Å². The summed E-state index contributed by atoms with van der Waals surface area (Å²) in [6.07, 6.45) is 1.88. The number of hydrogen-bond donors (Lipinski definition) is 1. The quantitative estimate of drug-likeness (QED) is 0.759. The van der Waals surface area contributed by atoms with Crippen molar-refractivity contribution in [2.45, 2.75) is 31.5 Å². The van der Waals surface area contributed by atoms with E-state index >= 15 is 0 Å². The van der Waals surface area contributed by atoms with E-state index < -0.39 is 0 Å². The zero-order chi connectivity index (χ0) is 19.1. The fourth-order valence-electron chi connectivity index (χ4n) is 5.26. The highest BCUT2D eigenvalue weighted by molar-refractivity contribution is 5.76. The number of piperazine rings is 1. The van der Waals surface area contributed by atoms with Crippen LogP contribution < -0.4 is 0 Å². The molecule has 1 aliphatic carbocycles. The smallest absolute Gasteiger partial charge is 0.0822 e. The van der Waals surface area contributed by atoms with Crippen LogP contribution in [-0.4, -0.2) is 78.3 Å². The Labute approximate surface area is 168 Å². The van der Waals surface area contributed by atoms with E-state index in [0.29, 0.717) is 6.04 Å². The number of likely N-dealkylation sites (N-methyl/N-ethyl adjacent to an activating group) is 1. The molecule has 0 bridgehead atoms. The van der Waals surface area contributed by atoms with Gasteiger partial charge in [-0.25, -0.2) is 0 Å². The molecule has 2 aromatic carbocycles. The molecule has 4 nitrogen and oxygen atoms in total. The molecule has 4 heteroatoms. The fraction of sp³-hybridized carbons (Fsp3) is 0.500. The van der Waals surface area contributed by atoms with Crippen LogP contribution >= 0.6 is 0 Å². The van der Waals surface area contributed by atoms with Gasteiger partial charge in [0.25, 0.3) is 0 Å². The van der Waals surface area contributed by atoms with Crippen LogP contribution in [-0.2, 0) is 13.0 Å². The van der Waals surface area contributed by atoms with Crippen molar-refractivity contribution in [1.82, 2.24) is 14.7 Å². The van der Waals surface area contributed by atoms with Gasteiger partial charge in [-0.3, -0.25) is 9.80 Å². The van der Waals surface area contributed by atoms with Crippen molar-refractivity contribution in [2.24, 2.45) is 0 Å². The molecular formula is C24H31N3O. The van der Waals surface area contributed by atoms with E-state index in [1.54, 1.807) is 0 Å². The molecular weight excluding hydrogens is 346 g/mol. The normalized spacial score (nSPS) is 26.2. The van der Waals surface area contributed by atoms with E-state index in [9.17, 15) is 5.11 Å². The summed E-state index contributed by atoms with van der Waals surface area (Å²) in [6, 6.07) is 16.0. The second kappa shape index (κ2) is 7.60. The molecule has 2 fully saturated rings. The van der Waals surface area contributed by atoms with Crippen LogP contribution in [0.3, 0.4) is 0 Å². The number of likely N-dealkylation sites (tertiary alicyclic amines) is 1. The molecule has 5 rings (SSSR count). The number of fused-ring (bicyclic) bond motifs is 3. The van der Waals surface area contributed by atoms with Gasteiger partial charge in [0.1, 0.15) is 0 Å². The van der Waals surface area contributed by atoms with Crippen molar-refractivity contribution in [3.8, 4) is 11.1 Å². The molecule has 0 radical (unpaired) electrons. The van der Waals surface area contributed by atoms with E-state index in [4.69, 9.17) is 0 Å². The highest BCUT2D eigenvalue weighted by Gasteiger charge is 2.33. The SMILES string of the molecule is CN1CCN([C@@H]2CCN(Cc3ccc4c(c3)Cc3ccccc3-4)C[C@H]2O)CC1. The van der Waals surface area contributed by atoms with Crippen molar-refractivity contribution in [2.75, 3.05) is 46.3 Å². The van der Waals surface area contributed by atoms with E-state index in [-0.39, 0.29) is 6.10 Å². The van der Waals surface area contributed by atoms with Gasteiger partial charge in [-0.15, -0.1) is 0 Å². The minimum absolute atomic E-state index is 0.240. The first-order valence-corrected chi connectivity index (χ1v) is 10.7. The van der Waals surface area contributed by atoms with Crippen molar-refractivity contribution in [1.29, 1.82) is 0 Å². The number of benzene rings is 2. The molecule has 2 aliphatic heterocycles. The molecule has 1 N–H and O–H groups in total. The molecule has 2 saturated heterocycles. The van der Waals surface area contributed by atoms with Gasteiger partial charge in [-0.05, 0) is 47.7 Å². The third-order valence-electron chi connectivity index (χ3n) is 6.90. The third kappa shape index (κ3) is 3.50. The average Bonchev–Trinajstić information content (AvgIpc) is 3.07. The first-order chi connectivity index (χ1) is 13.7. The maximum atomic E-state index is 10.8. The number of rotatable bonds is 3. The third-order valence-corrected chi connectivity index (χ3v) is 6.90. The summed E-state index contributed by atoms with van der Waals surface area (Å²) >= 11 is 0. The Hall–Kier alpha value is -1.72. The van der Waals surface area contributed by atoms with E-state index in [0.717, 1.165) is 58.7 Å². The average molecular weight is 378 g/mol. The molecule has 0 amide bonds.